The van der Waals surface area contributed by atoms with Crippen molar-refractivity contribution in [2.45, 2.75) is 51.9 Å². The number of hydrogen-bond acceptors (Lipinski definition) is 4. The zero-order valence-electron chi connectivity index (χ0n) is 15.3. The number of aromatic nitrogens is 4. The van der Waals surface area contributed by atoms with E-state index in [1.165, 1.54) is 4.90 Å². The molecule has 146 valence electrons. The normalized spacial score (nSPS) is 18.3. The topological polar surface area (TPSA) is 63.9 Å². The summed E-state index contributed by atoms with van der Waals surface area (Å²) in [5, 5.41) is 4.51. The van der Waals surface area contributed by atoms with Crippen LogP contribution in [0, 0.1) is 5.92 Å². The van der Waals surface area contributed by atoms with Crippen molar-refractivity contribution in [3.05, 3.63) is 30.4 Å². The minimum absolute atomic E-state index is 0.0461. The number of rotatable bonds is 5. The van der Waals surface area contributed by atoms with Crippen LogP contribution in [0.4, 0.5) is 13.2 Å². The highest BCUT2D eigenvalue weighted by Crippen LogP contribution is 2.35. The predicted molar refractivity (Wildman–Crippen MR) is 92.5 cm³/mol. The molecule has 2 aromatic rings. The van der Waals surface area contributed by atoms with Crippen molar-refractivity contribution in [1.29, 1.82) is 0 Å². The van der Waals surface area contributed by atoms with E-state index in [2.05, 4.69) is 15.1 Å². The molecule has 2 atom stereocenters. The Bertz CT molecular complexity index is 790. The lowest BCUT2D eigenvalue weighted by Crippen LogP contribution is -2.45. The maximum absolute atomic E-state index is 12.5. The molecule has 27 heavy (non-hydrogen) atoms. The van der Waals surface area contributed by atoms with Gasteiger partial charge in [-0.3, -0.25) is 9.78 Å². The maximum Gasteiger partial charge on any atom is 0.389 e. The van der Waals surface area contributed by atoms with Gasteiger partial charge in [-0.25, -0.2) is 9.67 Å². The van der Waals surface area contributed by atoms with Crippen molar-refractivity contribution < 1.29 is 18.0 Å². The van der Waals surface area contributed by atoms with Gasteiger partial charge in [0.1, 0.15) is 0 Å². The first kappa shape index (κ1) is 19.3. The summed E-state index contributed by atoms with van der Waals surface area (Å²) in [5.74, 6) is 0.686. The average molecular weight is 381 g/mol. The van der Waals surface area contributed by atoms with Crippen LogP contribution in [0.2, 0.25) is 0 Å². The van der Waals surface area contributed by atoms with Crippen molar-refractivity contribution in [1.82, 2.24) is 24.6 Å². The first-order valence-corrected chi connectivity index (χ1v) is 9.01. The third-order valence-corrected chi connectivity index (χ3v) is 4.90. The summed E-state index contributed by atoms with van der Waals surface area (Å²) >= 11 is 0. The number of pyridine rings is 1. The van der Waals surface area contributed by atoms with Crippen LogP contribution < -0.4 is 0 Å². The number of hydrogen-bond donors (Lipinski definition) is 0. The molecule has 1 aliphatic rings. The van der Waals surface area contributed by atoms with E-state index in [0.29, 0.717) is 24.7 Å². The van der Waals surface area contributed by atoms with E-state index in [0.717, 1.165) is 12.0 Å². The van der Waals surface area contributed by atoms with Crippen LogP contribution >= 0.6 is 0 Å². The Hall–Kier alpha value is -2.45. The fourth-order valence-electron chi connectivity index (χ4n) is 3.29. The second-order valence-corrected chi connectivity index (χ2v) is 6.79. The monoisotopic (exact) mass is 381 g/mol. The highest BCUT2D eigenvalue weighted by molar-refractivity contribution is 5.77. The molecule has 1 amide bonds. The lowest BCUT2D eigenvalue weighted by molar-refractivity contribution is -0.152. The van der Waals surface area contributed by atoms with Gasteiger partial charge in [-0.15, -0.1) is 0 Å². The molecular formula is C18H22F3N5O. The fraction of sp³-hybridized carbons (Fsp3) is 0.556. The summed E-state index contributed by atoms with van der Waals surface area (Å²) in [7, 11) is 0. The number of alkyl halides is 3. The van der Waals surface area contributed by atoms with Gasteiger partial charge in [0.25, 0.3) is 0 Å². The smallest absolute Gasteiger partial charge is 0.330 e. The molecule has 9 heteroatoms. The van der Waals surface area contributed by atoms with E-state index in [1.54, 1.807) is 23.1 Å². The highest BCUT2D eigenvalue weighted by Gasteiger charge is 2.38. The summed E-state index contributed by atoms with van der Waals surface area (Å²) < 4.78 is 39.4. The van der Waals surface area contributed by atoms with Crippen molar-refractivity contribution >= 4 is 5.91 Å². The second kappa shape index (κ2) is 7.66. The van der Waals surface area contributed by atoms with Gasteiger partial charge < -0.3 is 4.90 Å². The highest BCUT2D eigenvalue weighted by atomic mass is 19.4. The van der Waals surface area contributed by atoms with Crippen LogP contribution in [0.3, 0.4) is 0 Å². The lowest BCUT2D eigenvalue weighted by Gasteiger charge is -2.38. The fourth-order valence-corrected chi connectivity index (χ4v) is 3.29. The molecule has 0 aromatic carbocycles. The van der Waals surface area contributed by atoms with E-state index in [4.69, 9.17) is 0 Å². The molecule has 0 N–H and O–H groups in total. The Labute approximate surface area is 155 Å². The molecule has 0 radical (unpaired) electrons. The summed E-state index contributed by atoms with van der Waals surface area (Å²) in [6, 6.07) is 3.25. The van der Waals surface area contributed by atoms with Crippen LogP contribution in [0.15, 0.2) is 24.5 Å². The number of halogens is 3. The number of fused-ring (bicyclic) bond motifs is 1. The molecule has 3 rings (SSSR count). The van der Waals surface area contributed by atoms with E-state index < -0.39 is 24.9 Å². The number of carbonyl (C=O) groups is 1. The van der Waals surface area contributed by atoms with E-state index in [1.807, 2.05) is 19.9 Å². The van der Waals surface area contributed by atoms with E-state index >= 15 is 0 Å². The molecule has 3 heterocycles. The first-order valence-electron chi connectivity index (χ1n) is 9.01. The molecule has 0 spiro atoms. The van der Waals surface area contributed by atoms with Crippen LogP contribution in [0.1, 0.15) is 45.0 Å². The first-order chi connectivity index (χ1) is 12.8. The van der Waals surface area contributed by atoms with Gasteiger partial charge in [0.15, 0.2) is 11.6 Å². The van der Waals surface area contributed by atoms with Gasteiger partial charge in [-0.2, -0.15) is 18.3 Å². The zero-order chi connectivity index (χ0) is 19.6. The van der Waals surface area contributed by atoms with Crippen molar-refractivity contribution in [2.24, 2.45) is 5.92 Å². The SMILES string of the molecule is CC[C@H](C)[C@H]1c2nc(-c3cccnc3)nn2CCN1C(=O)CCC(F)(F)F. The lowest BCUT2D eigenvalue weighted by atomic mass is 9.95. The van der Waals surface area contributed by atoms with Gasteiger partial charge in [0.05, 0.1) is 19.0 Å². The predicted octanol–water partition coefficient (Wildman–Crippen LogP) is 3.61. The standard InChI is InChI=1S/C18H22F3N5O/c1-3-12(2)15-17-23-16(13-5-4-8-22-11-13)24-26(17)10-9-25(15)14(27)6-7-18(19,20)21/h4-5,8,11-12,15H,3,6-7,9-10H2,1-2H3/t12-,15-/m0/s1. The van der Waals surface area contributed by atoms with Crippen molar-refractivity contribution in [3.8, 4) is 11.4 Å². The Kier molecular flexibility index (Phi) is 5.48. The Morgan fingerprint density at radius 2 is 2.15 bits per heavy atom. The molecule has 0 aliphatic carbocycles. The molecule has 0 saturated heterocycles. The summed E-state index contributed by atoms with van der Waals surface area (Å²) in [6.45, 7) is 4.70. The van der Waals surface area contributed by atoms with Gasteiger partial charge in [0.2, 0.25) is 5.91 Å². The Morgan fingerprint density at radius 1 is 1.37 bits per heavy atom. The average Bonchev–Trinajstić information content (AvgIpc) is 3.09. The Morgan fingerprint density at radius 3 is 2.78 bits per heavy atom. The van der Waals surface area contributed by atoms with E-state index in [9.17, 15) is 18.0 Å². The molecule has 1 aliphatic heterocycles. The van der Waals surface area contributed by atoms with Gasteiger partial charge in [0, 0.05) is 30.9 Å². The van der Waals surface area contributed by atoms with Crippen molar-refractivity contribution in [3.63, 3.8) is 0 Å². The molecule has 0 fully saturated rings. The van der Waals surface area contributed by atoms with Crippen LogP contribution in [-0.2, 0) is 11.3 Å². The third kappa shape index (κ3) is 4.28. The van der Waals surface area contributed by atoms with Crippen LogP contribution in [0.25, 0.3) is 11.4 Å². The molecule has 0 saturated carbocycles. The minimum atomic E-state index is -4.34. The molecule has 6 nitrogen and oxygen atoms in total. The summed E-state index contributed by atoms with van der Waals surface area (Å²) in [6.07, 6.45) is -1.91. The minimum Gasteiger partial charge on any atom is -0.330 e. The summed E-state index contributed by atoms with van der Waals surface area (Å²) in [5.41, 5.74) is 0.761. The molecule has 0 bridgehead atoms. The molecule has 2 aromatic heterocycles. The molecule has 0 unspecified atom stereocenters. The van der Waals surface area contributed by atoms with Gasteiger partial charge >= 0.3 is 6.18 Å². The third-order valence-electron chi connectivity index (χ3n) is 4.90. The Balaban J connectivity index is 1.89. The number of carbonyl (C=O) groups excluding carboxylic acids is 1. The zero-order valence-corrected chi connectivity index (χ0v) is 15.3. The van der Waals surface area contributed by atoms with Gasteiger partial charge in [-0.05, 0) is 18.1 Å². The number of nitrogens with zero attached hydrogens (tertiary/aromatic N) is 5. The second-order valence-electron chi connectivity index (χ2n) is 6.79. The van der Waals surface area contributed by atoms with E-state index in [-0.39, 0.29) is 12.0 Å². The van der Waals surface area contributed by atoms with Crippen LogP contribution in [-0.4, -0.2) is 43.3 Å². The van der Waals surface area contributed by atoms with Gasteiger partial charge in [-0.1, -0.05) is 20.3 Å². The quantitative estimate of drug-likeness (QED) is 0.794. The largest absolute Gasteiger partial charge is 0.389 e. The van der Waals surface area contributed by atoms with Crippen molar-refractivity contribution in [2.75, 3.05) is 6.54 Å². The summed E-state index contributed by atoms with van der Waals surface area (Å²) in [4.78, 5) is 22.7. The van der Waals surface area contributed by atoms with Crippen LogP contribution in [0.5, 0.6) is 0 Å². The molecular weight excluding hydrogens is 359 g/mol. The maximum atomic E-state index is 12.5. The number of amides is 1.